The van der Waals surface area contributed by atoms with Crippen LogP contribution in [0.3, 0.4) is 0 Å². The van der Waals surface area contributed by atoms with Gasteiger partial charge in [-0.15, -0.1) is 10.2 Å². The molecule has 3 heterocycles. The number of aliphatic hydroxyl groups excluding tert-OH is 1. The van der Waals surface area contributed by atoms with Crippen molar-refractivity contribution in [3.05, 3.63) is 125 Å². The zero-order chi connectivity index (χ0) is 30.4. The Morgan fingerprint density at radius 2 is 1.75 bits per heavy atom. The van der Waals surface area contributed by atoms with Gasteiger partial charge in [0.05, 0.1) is 18.7 Å². The number of aryl methyl sites for hydroxylation is 1. The highest BCUT2D eigenvalue weighted by atomic mass is 32.2. The molecule has 8 nitrogen and oxygen atoms in total. The van der Waals surface area contributed by atoms with Crippen LogP contribution in [0.1, 0.15) is 33.3 Å². The van der Waals surface area contributed by atoms with Gasteiger partial charge < -0.3 is 14.3 Å². The molecule has 1 aliphatic heterocycles. The predicted molar refractivity (Wildman–Crippen MR) is 172 cm³/mol. The van der Waals surface area contributed by atoms with E-state index in [0.29, 0.717) is 32.4 Å². The lowest BCUT2D eigenvalue weighted by Gasteiger charge is -2.23. The summed E-state index contributed by atoms with van der Waals surface area (Å²) in [5, 5.41) is 23.2. The Morgan fingerprint density at radius 1 is 1.00 bits per heavy atom. The van der Waals surface area contributed by atoms with Crippen LogP contribution in [0.5, 0.6) is 5.75 Å². The Labute approximate surface area is 260 Å². The summed E-state index contributed by atoms with van der Waals surface area (Å²) in [7, 11) is 1.52. The Hall–Kier alpha value is -4.93. The van der Waals surface area contributed by atoms with Crippen molar-refractivity contribution in [2.75, 3.05) is 12.0 Å². The predicted octanol–water partition coefficient (Wildman–Crippen LogP) is 7.83. The first-order valence-corrected chi connectivity index (χ1v) is 15.6. The molecule has 0 saturated heterocycles. The van der Waals surface area contributed by atoms with Crippen molar-refractivity contribution in [2.45, 2.75) is 23.1 Å². The summed E-state index contributed by atoms with van der Waals surface area (Å²) in [6, 6.07) is 27.9. The number of anilines is 1. The summed E-state index contributed by atoms with van der Waals surface area (Å²) in [6.45, 7) is 1.95. The number of benzene rings is 4. The molecule has 0 aliphatic carbocycles. The summed E-state index contributed by atoms with van der Waals surface area (Å²) in [4.78, 5) is 29.0. The van der Waals surface area contributed by atoms with Crippen molar-refractivity contribution in [3.63, 3.8) is 0 Å². The largest absolute Gasteiger partial charge is 0.503 e. The van der Waals surface area contributed by atoms with E-state index in [-0.39, 0.29) is 16.5 Å². The fraction of sp³-hybridized carbons (Fsp3) is 0.118. The number of aliphatic hydroxyl groups is 1. The molecule has 1 N–H and O–H groups in total. The molecule has 10 heteroatoms. The van der Waals surface area contributed by atoms with E-state index < -0.39 is 23.5 Å². The number of nitrogens with zero attached hydrogens (tertiary/aromatic N) is 3. The fourth-order valence-electron chi connectivity index (χ4n) is 5.46. The minimum absolute atomic E-state index is 0.0126. The molecular weight excluding hydrogens is 595 g/mol. The highest BCUT2D eigenvalue weighted by molar-refractivity contribution is 8.00. The maximum atomic E-state index is 14.0. The molecule has 0 saturated carbocycles. The molecule has 44 heavy (non-hydrogen) atoms. The number of Topliss-reactive ketones (excluding diaryl/α,β-unsaturated/α-hetero) is 1. The number of para-hydroxylation sites is 1. The molecule has 2 aromatic heterocycles. The average Bonchev–Trinajstić information content (AvgIpc) is 3.76. The van der Waals surface area contributed by atoms with E-state index in [1.807, 2.05) is 49.4 Å². The van der Waals surface area contributed by atoms with Crippen LogP contribution < -0.4 is 9.64 Å². The summed E-state index contributed by atoms with van der Waals surface area (Å²) in [5.74, 6) is -0.851. The third-order valence-electron chi connectivity index (χ3n) is 7.63. The van der Waals surface area contributed by atoms with Gasteiger partial charge in [0.1, 0.15) is 0 Å². The van der Waals surface area contributed by atoms with Crippen LogP contribution in [-0.2, 0) is 10.5 Å². The topological polar surface area (TPSA) is 106 Å². The van der Waals surface area contributed by atoms with Gasteiger partial charge in [0.15, 0.2) is 27.2 Å². The number of hydrogen-bond acceptors (Lipinski definition) is 9. The van der Waals surface area contributed by atoms with E-state index in [2.05, 4.69) is 34.5 Å². The molecule has 0 radical (unpaired) electrons. The van der Waals surface area contributed by atoms with E-state index in [0.717, 1.165) is 16.5 Å². The molecule has 0 bridgehead atoms. The summed E-state index contributed by atoms with van der Waals surface area (Å²) >= 11 is 2.75. The van der Waals surface area contributed by atoms with Crippen molar-refractivity contribution in [1.82, 2.24) is 10.2 Å². The molecule has 0 fully saturated rings. The quantitative estimate of drug-likeness (QED) is 0.104. The van der Waals surface area contributed by atoms with Gasteiger partial charge in [-0.3, -0.25) is 14.5 Å². The number of fused-ring (bicyclic) bond motifs is 2. The number of hydrogen-bond donors (Lipinski definition) is 1. The SMILES string of the molecule is COc1cccc2cc(C(=O)C3=C(O)C(=O)N(c4nnc(SCc5cccc6ccccc56)s4)C3c3ccc(C)cc3)oc12. The fourth-order valence-corrected chi connectivity index (χ4v) is 7.33. The lowest BCUT2D eigenvalue weighted by atomic mass is 9.94. The van der Waals surface area contributed by atoms with Crippen LogP contribution in [0.2, 0.25) is 0 Å². The Kier molecular flexibility index (Phi) is 7.15. The summed E-state index contributed by atoms with van der Waals surface area (Å²) in [6.07, 6.45) is 0. The van der Waals surface area contributed by atoms with Crippen molar-refractivity contribution in [2.24, 2.45) is 0 Å². The van der Waals surface area contributed by atoms with Gasteiger partial charge in [0.2, 0.25) is 10.9 Å². The third kappa shape index (κ3) is 4.82. The van der Waals surface area contributed by atoms with Gasteiger partial charge in [-0.1, -0.05) is 108 Å². The highest BCUT2D eigenvalue weighted by Crippen LogP contribution is 2.44. The van der Waals surface area contributed by atoms with E-state index in [1.165, 1.54) is 40.5 Å². The number of ketones is 1. The van der Waals surface area contributed by atoms with Crippen molar-refractivity contribution >= 4 is 61.7 Å². The van der Waals surface area contributed by atoms with Crippen LogP contribution in [-0.4, -0.2) is 34.1 Å². The monoisotopic (exact) mass is 619 g/mol. The number of furan rings is 1. The Bertz CT molecular complexity index is 2090. The molecule has 218 valence electrons. The van der Waals surface area contributed by atoms with E-state index in [4.69, 9.17) is 9.15 Å². The minimum Gasteiger partial charge on any atom is -0.503 e. The molecule has 1 atom stereocenters. The third-order valence-corrected chi connectivity index (χ3v) is 9.74. The van der Waals surface area contributed by atoms with Crippen LogP contribution >= 0.6 is 23.1 Å². The number of amides is 1. The first-order valence-electron chi connectivity index (χ1n) is 13.8. The number of thioether (sulfide) groups is 1. The van der Waals surface area contributed by atoms with Crippen LogP contribution in [0, 0.1) is 6.92 Å². The summed E-state index contributed by atoms with van der Waals surface area (Å²) in [5.41, 5.74) is 3.14. The minimum atomic E-state index is -0.936. The molecule has 1 unspecified atom stereocenters. The van der Waals surface area contributed by atoms with Crippen molar-refractivity contribution < 1.29 is 23.8 Å². The second kappa shape index (κ2) is 11.3. The van der Waals surface area contributed by atoms with Gasteiger partial charge >= 0.3 is 0 Å². The van der Waals surface area contributed by atoms with Gasteiger partial charge in [-0.25, -0.2) is 0 Å². The first kappa shape index (κ1) is 27.9. The number of carbonyl (C=O) groups excluding carboxylic acids is 2. The van der Waals surface area contributed by atoms with Crippen LogP contribution in [0.4, 0.5) is 5.13 Å². The second-order valence-electron chi connectivity index (χ2n) is 10.3. The van der Waals surface area contributed by atoms with Gasteiger partial charge in [-0.2, -0.15) is 0 Å². The molecule has 7 rings (SSSR count). The second-order valence-corrected chi connectivity index (χ2v) is 12.5. The average molecular weight is 620 g/mol. The molecule has 1 amide bonds. The molecule has 0 spiro atoms. The van der Waals surface area contributed by atoms with Crippen LogP contribution in [0.15, 0.2) is 111 Å². The Balaban J connectivity index is 1.23. The number of rotatable bonds is 8. The van der Waals surface area contributed by atoms with E-state index >= 15 is 0 Å². The zero-order valence-electron chi connectivity index (χ0n) is 23.7. The maximum Gasteiger partial charge on any atom is 0.296 e. The molecule has 4 aromatic carbocycles. The summed E-state index contributed by atoms with van der Waals surface area (Å²) < 4.78 is 12.0. The number of methoxy groups -OCH3 is 1. The van der Waals surface area contributed by atoms with Crippen molar-refractivity contribution in [3.8, 4) is 5.75 Å². The van der Waals surface area contributed by atoms with Crippen LogP contribution in [0.25, 0.3) is 21.7 Å². The first-order chi connectivity index (χ1) is 21.4. The number of aromatic nitrogens is 2. The molecule has 6 aromatic rings. The smallest absolute Gasteiger partial charge is 0.296 e. The van der Waals surface area contributed by atoms with E-state index in [1.54, 1.807) is 24.3 Å². The lowest BCUT2D eigenvalue weighted by Crippen LogP contribution is -2.31. The number of carbonyl (C=O) groups is 2. The normalized spacial score (nSPS) is 15.1. The molecular formula is C34H25N3O5S2. The zero-order valence-corrected chi connectivity index (χ0v) is 25.3. The van der Waals surface area contributed by atoms with Crippen molar-refractivity contribution in [1.29, 1.82) is 0 Å². The van der Waals surface area contributed by atoms with Gasteiger partial charge in [0, 0.05) is 11.1 Å². The van der Waals surface area contributed by atoms with E-state index in [9.17, 15) is 14.7 Å². The highest BCUT2D eigenvalue weighted by Gasteiger charge is 2.46. The Morgan fingerprint density at radius 3 is 2.57 bits per heavy atom. The maximum absolute atomic E-state index is 14.0. The van der Waals surface area contributed by atoms with Gasteiger partial charge in [-0.05, 0) is 41.0 Å². The van der Waals surface area contributed by atoms with Gasteiger partial charge in [0.25, 0.3) is 5.91 Å². The number of ether oxygens (including phenoxy) is 1. The standard InChI is InChI=1S/C34H25N3O5S2/c1-19-13-15-21(16-14-19)28-27(29(38)26-17-22-9-6-12-25(41-2)31(22)42-26)30(39)32(40)37(28)33-35-36-34(44-33)43-18-23-10-5-8-20-7-3-4-11-24(20)23/h3-17,28,39H,18H2,1-2H3. The molecule has 1 aliphatic rings. The lowest BCUT2D eigenvalue weighted by molar-refractivity contribution is -0.117.